The van der Waals surface area contributed by atoms with Crippen LogP contribution in [0.25, 0.3) is 0 Å². The molecule has 0 radical (unpaired) electrons. The molecule has 1 aliphatic heterocycles. The van der Waals surface area contributed by atoms with Gasteiger partial charge in [0.05, 0.1) is 0 Å². The number of piperidine rings is 1. The standard InChI is InChI=1S/C22H29N3O2/c1-16-14-24-20(17(2)21(16)26)15-25-12-9-19(10-13-25)22(27)23-11-8-18-6-4-3-5-7-18/h3-7,14,19H,8-13,15H2,1-2H3,(H,23,27)(H,24,26). The lowest BCUT2D eigenvalue weighted by Gasteiger charge is -2.31. The van der Waals surface area contributed by atoms with Crippen LogP contribution in [0, 0.1) is 19.8 Å². The smallest absolute Gasteiger partial charge is 0.223 e. The second-order valence-corrected chi connectivity index (χ2v) is 7.48. The van der Waals surface area contributed by atoms with Gasteiger partial charge in [0.25, 0.3) is 0 Å². The second-order valence-electron chi connectivity index (χ2n) is 7.48. The number of amides is 1. The van der Waals surface area contributed by atoms with E-state index in [1.54, 1.807) is 6.20 Å². The molecule has 3 rings (SSSR count). The summed E-state index contributed by atoms with van der Waals surface area (Å²) < 4.78 is 0. The van der Waals surface area contributed by atoms with Gasteiger partial charge in [0, 0.05) is 42.0 Å². The largest absolute Gasteiger partial charge is 0.363 e. The van der Waals surface area contributed by atoms with E-state index >= 15 is 0 Å². The van der Waals surface area contributed by atoms with Gasteiger partial charge in [0.15, 0.2) is 5.43 Å². The van der Waals surface area contributed by atoms with E-state index in [1.165, 1.54) is 5.56 Å². The average molecular weight is 367 g/mol. The van der Waals surface area contributed by atoms with E-state index in [0.29, 0.717) is 6.54 Å². The Morgan fingerprint density at radius 2 is 1.89 bits per heavy atom. The predicted octanol–water partition coefficient (Wildman–Crippen LogP) is 2.56. The molecular weight excluding hydrogens is 338 g/mol. The van der Waals surface area contributed by atoms with E-state index in [0.717, 1.165) is 55.7 Å². The summed E-state index contributed by atoms with van der Waals surface area (Å²) in [7, 11) is 0. The van der Waals surface area contributed by atoms with E-state index in [1.807, 2.05) is 32.0 Å². The number of pyridine rings is 1. The summed E-state index contributed by atoms with van der Waals surface area (Å²) in [6.45, 7) is 6.90. The molecule has 0 saturated carbocycles. The van der Waals surface area contributed by atoms with Crippen molar-refractivity contribution in [3.63, 3.8) is 0 Å². The predicted molar refractivity (Wildman–Crippen MR) is 108 cm³/mol. The average Bonchev–Trinajstić information content (AvgIpc) is 2.70. The van der Waals surface area contributed by atoms with E-state index in [9.17, 15) is 9.59 Å². The highest BCUT2D eigenvalue weighted by Gasteiger charge is 2.25. The molecule has 0 bridgehead atoms. The van der Waals surface area contributed by atoms with Gasteiger partial charge in [-0.1, -0.05) is 30.3 Å². The molecule has 1 saturated heterocycles. The van der Waals surface area contributed by atoms with Crippen LogP contribution in [-0.4, -0.2) is 35.4 Å². The third-order valence-corrected chi connectivity index (χ3v) is 5.51. The molecule has 27 heavy (non-hydrogen) atoms. The molecule has 5 heteroatoms. The molecule has 0 atom stereocenters. The normalized spacial score (nSPS) is 15.6. The molecule has 1 aliphatic rings. The summed E-state index contributed by atoms with van der Waals surface area (Å²) in [6.07, 6.45) is 4.39. The molecule has 2 aromatic rings. The van der Waals surface area contributed by atoms with Crippen molar-refractivity contribution in [2.24, 2.45) is 5.92 Å². The topological polar surface area (TPSA) is 65.2 Å². The minimum Gasteiger partial charge on any atom is -0.363 e. The van der Waals surface area contributed by atoms with Gasteiger partial charge in [0.2, 0.25) is 5.91 Å². The van der Waals surface area contributed by atoms with E-state index in [-0.39, 0.29) is 17.3 Å². The van der Waals surface area contributed by atoms with E-state index in [4.69, 9.17) is 0 Å². The highest BCUT2D eigenvalue weighted by molar-refractivity contribution is 5.78. The summed E-state index contributed by atoms with van der Waals surface area (Å²) in [5.74, 6) is 0.265. The van der Waals surface area contributed by atoms with Crippen molar-refractivity contribution in [2.75, 3.05) is 19.6 Å². The van der Waals surface area contributed by atoms with E-state index < -0.39 is 0 Å². The molecule has 1 fully saturated rings. The van der Waals surface area contributed by atoms with Crippen LogP contribution in [0.1, 0.15) is 35.2 Å². The number of aryl methyl sites for hydroxylation is 1. The number of hydrogen-bond donors (Lipinski definition) is 2. The van der Waals surface area contributed by atoms with Crippen molar-refractivity contribution in [1.82, 2.24) is 15.2 Å². The molecule has 1 aromatic carbocycles. The Labute approximate surface area is 160 Å². The van der Waals surface area contributed by atoms with Crippen molar-refractivity contribution >= 4 is 5.91 Å². The zero-order chi connectivity index (χ0) is 19.2. The third-order valence-electron chi connectivity index (χ3n) is 5.51. The molecule has 0 unspecified atom stereocenters. The maximum atomic E-state index is 12.4. The monoisotopic (exact) mass is 367 g/mol. The number of carbonyl (C=O) groups excluding carboxylic acids is 1. The fourth-order valence-electron chi connectivity index (χ4n) is 3.66. The summed E-state index contributed by atoms with van der Waals surface area (Å²) in [6, 6.07) is 10.2. The van der Waals surface area contributed by atoms with Crippen LogP contribution in [0.2, 0.25) is 0 Å². The van der Waals surface area contributed by atoms with Crippen LogP contribution in [0.4, 0.5) is 0 Å². The minimum atomic E-state index is 0.0928. The first-order valence-corrected chi connectivity index (χ1v) is 9.76. The van der Waals surface area contributed by atoms with Crippen molar-refractivity contribution in [3.8, 4) is 0 Å². The van der Waals surface area contributed by atoms with Crippen LogP contribution >= 0.6 is 0 Å². The number of rotatable bonds is 6. The number of benzene rings is 1. The fourth-order valence-corrected chi connectivity index (χ4v) is 3.66. The zero-order valence-electron chi connectivity index (χ0n) is 16.3. The van der Waals surface area contributed by atoms with Gasteiger partial charge < -0.3 is 10.3 Å². The molecular formula is C22H29N3O2. The molecule has 5 nitrogen and oxygen atoms in total. The number of hydrogen-bond acceptors (Lipinski definition) is 3. The van der Waals surface area contributed by atoms with E-state index in [2.05, 4.69) is 27.3 Å². The van der Waals surface area contributed by atoms with Crippen molar-refractivity contribution in [1.29, 1.82) is 0 Å². The Kier molecular flexibility index (Phi) is 6.45. The maximum Gasteiger partial charge on any atom is 0.223 e. The number of nitrogens with zero attached hydrogens (tertiary/aromatic N) is 1. The van der Waals surface area contributed by atoms with Gasteiger partial charge in [-0.25, -0.2) is 0 Å². The lowest BCUT2D eigenvalue weighted by atomic mass is 9.95. The molecule has 144 valence electrons. The SMILES string of the molecule is Cc1c[nH]c(CN2CCC(C(=O)NCCc3ccccc3)CC2)c(C)c1=O. The summed E-state index contributed by atoms with van der Waals surface area (Å²) in [5.41, 5.74) is 3.90. The Balaban J connectivity index is 1.44. The molecule has 1 aromatic heterocycles. The fraction of sp³-hybridized carbons (Fsp3) is 0.455. The van der Waals surface area contributed by atoms with Crippen LogP contribution in [0.5, 0.6) is 0 Å². The Bertz CT molecular complexity index is 821. The van der Waals surface area contributed by atoms with Gasteiger partial charge in [-0.15, -0.1) is 0 Å². The molecule has 0 spiro atoms. The first kappa shape index (κ1) is 19.4. The molecule has 1 amide bonds. The lowest BCUT2D eigenvalue weighted by molar-refractivity contribution is -0.126. The molecule has 2 heterocycles. The number of nitrogens with one attached hydrogen (secondary N) is 2. The zero-order valence-corrected chi connectivity index (χ0v) is 16.3. The Morgan fingerprint density at radius 1 is 1.19 bits per heavy atom. The number of likely N-dealkylation sites (tertiary alicyclic amines) is 1. The van der Waals surface area contributed by atoms with Crippen LogP contribution in [0.15, 0.2) is 41.3 Å². The summed E-state index contributed by atoms with van der Waals surface area (Å²) in [5, 5.41) is 3.08. The quantitative estimate of drug-likeness (QED) is 0.825. The Hall–Kier alpha value is -2.40. The minimum absolute atomic E-state index is 0.0928. The number of aromatic nitrogens is 1. The molecule has 2 N–H and O–H groups in total. The lowest BCUT2D eigenvalue weighted by Crippen LogP contribution is -2.41. The number of H-pyrrole nitrogens is 1. The number of aromatic amines is 1. The highest BCUT2D eigenvalue weighted by atomic mass is 16.1. The van der Waals surface area contributed by atoms with Crippen LogP contribution in [-0.2, 0) is 17.8 Å². The second kappa shape index (κ2) is 9.00. The van der Waals surface area contributed by atoms with Crippen LogP contribution in [0.3, 0.4) is 0 Å². The van der Waals surface area contributed by atoms with Gasteiger partial charge >= 0.3 is 0 Å². The number of carbonyl (C=O) groups is 1. The summed E-state index contributed by atoms with van der Waals surface area (Å²) in [4.78, 5) is 30.1. The van der Waals surface area contributed by atoms with Crippen molar-refractivity contribution in [2.45, 2.75) is 39.7 Å². The molecule has 0 aliphatic carbocycles. The van der Waals surface area contributed by atoms with Gasteiger partial charge in [-0.3, -0.25) is 14.5 Å². The third kappa shape index (κ3) is 5.07. The first-order valence-electron chi connectivity index (χ1n) is 9.76. The summed E-state index contributed by atoms with van der Waals surface area (Å²) >= 11 is 0. The van der Waals surface area contributed by atoms with Gasteiger partial charge in [0.1, 0.15) is 0 Å². The van der Waals surface area contributed by atoms with Crippen molar-refractivity contribution in [3.05, 3.63) is 69.1 Å². The van der Waals surface area contributed by atoms with Crippen LogP contribution < -0.4 is 10.7 Å². The first-order chi connectivity index (χ1) is 13.0. The van der Waals surface area contributed by atoms with Crippen molar-refractivity contribution < 1.29 is 4.79 Å². The van der Waals surface area contributed by atoms with Gasteiger partial charge in [-0.2, -0.15) is 0 Å². The Morgan fingerprint density at radius 3 is 2.59 bits per heavy atom. The van der Waals surface area contributed by atoms with Gasteiger partial charge in [-0.05, 0) is 51.8 Å². The highest BCUT2D eigenvalue weighted by Crippen LogP contribution is 2.19. The maximum absolute atomic E-state index is 12.4.